The van der Waals surface area contributed by atoms with Gasteiger partial charge in [-0.2, -0.15) is 0 Å². The predicted octanol–water partition coefficient (Wildman–Crippen LogP) is 4.35. The van der Waals surface area contributed by atoms with Crippen LogP contribution in [-0.4, -0.2) is 64.3 Å². The van der Waals surface area contributed by atoms with Crippen molar-refractivity contribution in [3.8, 4) is 22.5 Å². The van der Waals surface area contributed by atoms with Gasteiger partial charge < -0.3 is 19.8 Å². The lowest BCUT2D eigenvalue weighted by Gasteiger charge is -2.30. The smallest absolute Gasteiger partial charge is 0.110 e. The van der Waals surface area contributed by atoms with E-state index in [0.29, 0.717) is 5.92 Å². The first kappa shape index (κ1) is 21.6. The molecule has 5 rings (SSSR count). The Morgan fingerprint density at radius 2 is 1.97 bits per heavy atom. The number of aromatic nitrogens is 3. The molecular weight excluding hydrogens is 414 g/mol. The molecule has 1 fully saturated rings. The molecule has 0 unspecified atom stereocenters. The molecule has 0 bridgehead atoms. The molecular formula is C26H29N5O2. The number of piperidine rings is 1. The maximum atomic E-state index is 8.90. The Morgan fingerprint density at radius 3 is 2.73 bits per heavy atom. The van der Waals surface area contributed by atoms with E-state index in [0.717, 1.165) is 91.4 Å². The lowest BCUT2D eigenvalue weighted by molar-refractivity contribution is 0.129. The summed E-state index contributed by atoms with van der Waals surface area (Å²) in [5, 5.41) is 12.0. The second kappa shape index (κ2) is 9.71. The maximum Gasteiger partial charge on any atom is 0.110 e. The van der Waals surface area contributed by atoms with E-state index in [2.05, 4.69) is 44.1 Å². The van der Waals surface area contributed by atoms with Gasteiger partial charge in [-0.25, -0.2) is 4.98 Å². The van der Waals surface area contributed by atoms with Crippen LogP contribution in [0.2, 0.25) is 0 Å². The first-order valence-electron chi connectivity index (χ1n) is 11.6. The number of nitrogens with one attached hydrogen (secondary N) is 1. The molecule has 1 aromatic carbocycles. The second-order valence-electron chi connectivity index (χ2n) is 8.75. The van der Waals surface area contributed by atoms with Crippen molar-refractivity contribution in [1.29, 1.82) is 0 Å². The predicted molar refractivity (Wildman–Crippen MR) is 128 cm³/mol. The van der Waals surface area contributed by atoms with E-state index in [-0.39, 0.29) is 0 Å². The SMILES string of the molecule is COCCN1CCC(c2nc(-c3ccc4c(c3)CCC4=C=NO)c(-c3ccncc3)[nH]2)CC1. The van der Waals surface area contributed by atoms with Crippen molar-refractivity contribution in [1.82, 2.24) is 19.9 Å². The molecule has 2 aromatic heterocycles. The molecule has 3 aromatic rings. The van der Waals surface area contributed by atoms with E-state index < -0.39 is 0 Å². The van der Waals surface area contributed by atoms with E-state index in [1.54, 1.807) is 7.11 Å². The van der Waals surface area contributed by atoms with Crippen molar-refractivity contribution in [3.63, 3.8) is 0 Å². The summed E-state index contributed by atoms with van der Waals surface area (Å²) in [6.07, 6.45) is 7.58. The molecule has 2 N–H and O–H groups in total. The number of imidazole rings is 1. The Morgan fingerprint density at radius 1 is 1.15 bits per heavy atom. The molecule has 7 nitrogen and oxygen atoms in total. The van der Waals surface area contributed by atoms with Gasteiger partial charge in [0.15, 0.2) is 0 Å². The first-order valence-corrected chi connectivity index (χ1v) is 11.6. The monoisotopic (exact) mass is 443 g/mol. The van der Waals surface area contributed by atoms with Crippen LogP contribution in [0.25, 0.3) is 28.1 Å². The molecule has 0 spiro atoms. The second-order valence-corrected chi connectivity index (χ2v) is 8.75. The van der Waals surface area contributed by atoms with Crippen LogP contribution in [0.1, 0.15) is 42.1 Å². The quantitative estimate of drug-likeness (QED) is 0.336. The van der Waals surface area contributed by atoms with Gasteiger partial charge in [-0.3, -0.25) is 4.98 Å². The van der Waals surface area contributed by atoms with Gasteiger partial charge >= 0.3 is 0 Å². The average molecular weight is 444 g/mol. The Labute approximate surface area is 193 Å². The summed E-state index contributed by atoms with van der Waals surface area (Å²) in [7, 11) is 1.76. The van der Waals surface area contributed by atoms with Crippen LogP contribution < -0.4 is 0 Å². The molecule has 0 amide bonds. The highest BCUT2D eigenvalue weighted by molar-refractivity contribution is 5.93. The van der Waals surface area contributed by atoms with Crippen molar-refractivity contribution >= 4 is 11.4 Å². The number of aryl methyl sites for hydroxylation is 1. The Kier molecular flexibility index (Phi) is 6.35. The third-order valence-electron chi connectivity index (χ3n) is 6.81. The fraction of sp³-hybridized carbons (Fsp3) is 0.385. The van der Waals surface area contributed by atoms with Crippen molar-refractivity contribution in [2.24, 2.45) is 5.16 Å². The van der Waals surface area contributed by atoms with E-state index in [1.807, 2.05) is 24.5 Å². The number of pyridine rings is 1. The zero-order valence-corrected chi connectivity index (χ0v) is 18.9. The summed E-state index contributed by atoms with van der Waals surface area (Å²) in [5.74, 6) is 4.20. The number of likely N-dealkylation sites (tertiary alicyclic amines) is 1. The molecule has 0 radical (unpaired) electrons. The number of ether oxygens (including phenoxy) is 1. The number of nitrogens with zero attached hydrogens (tertiary/aromatic N) is 4. The Balaban J connectivity index is 1.48. The molecule has 3 heterocycles. The number of hydrogen-bond donors (Lipinski definition) is 2. The number of aromatic amines is 1. The standard InChI is InChI=1S/C26H29N5O2/c1-33-15-14-31-12-8-19(9-13-31)26-29-24(18-6-10-27-11-7-18)25(30-26)21-4-5-23-20(16-21)2-3-22(23)17-28-32/h4-7,10-11,16,19,32H,2-3,8-9,12-15H2,1H3,(H,29,30). The molecule has 7 heteroatoms. The van der Waals surface area contributed by atoms with Crippen molar-refractivity contribution in [2.45, 2.75) is 31.6 Å². The summed E-state index contributed by atoms with van der Waals surface area (Å²) >= 11 is 0. The van der Waals surface area contributed by atoms with E-state index in [4.69, 9.17) is 14.9 Å². The number of H-pyrrole nitrogens is 1. The third kappa shape index (κ3) is 4.48. The fourth-order valence-corrected chi connectivity index (χ4v) is 4.98. The minimum Gasteiger partial charge on any atom is -0.404 e. The minimum absolute atomic E-state index is 0.419. The van der Waals surface area contributed by atoms with E-state index in [1.165, 1.54) is 5.56 Å². The zero-order valence-electron chi connectivity index (χ0n) is 18.9. The van der Waals surface area contributed by atoms with Gasteiger partial charge in [0, 0.05) is 54.5 Å². The van der Waals surface area contributed by atoms with Gasteiger partial charge in [0.25, 0.3) is 0 Å². The zero-order chi connectivity index (χ0) is 22.6. The normalized spacial score (nSPS) is 16.6. The molecule has 0 atom stereocenters. The highest BCUT2D eigenvalue weighted by atomic mass is 16.5. The van der Waals surface area contributed by atoms with Gasteiger partial charge in [-0.05, 0) is 73.3 Å². The van der Waals surface area contributed by atoms with E-state index >= 15 is 0 Å². The van der Waals surface area contributed by atoms with Crippen molar-refractivity contribution < 1.29 is 9.94 Å². The van der Waals surface area contributed by atoms with Crippen LogP contribution in [0.4, 0.5) is 0 Å². The number of fused-ring (bicyclic) bond motifs is 1. The Hall–Kier alpha value is -3.25. The topological polar surface area (TPSA) is 86.6 Å². The molecule has 0 saturated carbocycles. The van der Waals surface area contributed by atoms with Gasteiger partial charge in [0.05, 0.1) is 18.0 Å². The van der Waals surface area contributed by atoms with Gasteiger partial charge in [0.2, 0.25) is 0 Å². The summed E-state index contributed by atoms with van der Waals surface area (Å²) in [4.78, 5) is 15.5. The van der Waals surface area contributed by atoms with Crippen LogP contribution in [0.15, 0.2) is 47.9 Å². The van der Waals surface area contributed by atoms with Gasteiger partial charge in [-0.1, -0.05) is 12.1 Å². The van der Waals surface area contributed by atoms with Crippen LogP contribution in [0.5, 0.6) is 0 Å². The lowest BCUT2D eigenvalue weighted by atomic mass is 9.96. The van der Waals surface area contributed by atoms with E-state index in [9.17, 15) is 0 Å². The fourth-order valence-electron chi connectivity index (χ4n) is 4.98. The van der Waals surface area contributed by atoms with Crippen molar-refractivity contribution in [3.05, 3.63) is 59.7 Å². The third-order valence-corrected chi connectivity index (χ3v) is 6.81. The first-order chi connectivity index (χ1) is 16.3. The highest BCUT2D eigenvalue weighted by Crippen LogP contribution is 2.38. The van der Waals surface area contributed by atoms with Crippen LogP contribution in [0.3, 0.4) is 0 Å². The summed E-state index contributed by atoms with van der Waals surface area (Å²) in [6.45, 7) is 3.90. The lowest BCUT2D eigenvalue weighted by Crippen LogP contribution is -2.35. The summed E-state index contributed by atoms with van der Waals surface area (Å²) in [6, 6.07) is 10.5. The van der Waals surface area contributed by atoms with Crippen molar-refractivity contribution in [2.75, 3.05) is 33.4 Å². The molecule has 1 aliphatic heterocycles. The van der Waals surface area contributed by atoms with Crippen LogP contribution in [-0.2, 0) is 11.2 Å². The van der Waals surface area contributed by atoms with Crippen LogP contribution >= 0.6 is 0 Å². The van der Waals surface area contributed by atoms with Gasteiger partial charge in [0.1, 0.15) is 5.82 Å². The van der Waals surface area contributed by atoms with Crippen LogP contribution in [0, 0.1) is 0 Å². The highest BCUT2D eigenvalue weighted by Gasteiger charge is 2.26. The Bertz CT molecular complexity index is 1170. The average Bonchev–Trinajstić information content (AvgIpc) is 3.48. The number of methoxy groups -OCH3 is 1. The van der Waals surface area contributed by atoms with Gasteiger partial charge in [-0.15, -0.1) is 0 Å². The maximum absolute atomic E-state index is 8.90. The molecule has 1 saturated heterocycles. The number of benzene rings is 1. The number of allylic oxidation sites excluding steroid dienone is 1. The number of hydrogen-bond acceptors (Lipinski definition) is 6. The molecule has 33 heavy (non-hydrogen) atoms. The molecule has 2 aliphatic rings. The summed E-state index contributed by atoms with van der Waals surface area (Å²) < 4.78 is 5.24. The molecule has 170 valence electrons. The number of rotatable bonds is 6. The summed E-state index contributed by atoms with van der Waals surface area (Å²) in [5.41, 5.74) is 7.52. The largest absolute Gasteiger partial charge is 0.404 e. The molecule has 1 aliphatic carbocycles. The minimum atomic E-state index is 0.419.